The molecule has 1 aromatic rings. The highest BCUT2D eigenvalue weighted by atomic mass is 35.5. The van der Waals surface area contributed by atoms with Crippen LogP contribution in [0.5, 0.6) is 5.75 Å². The van der Waals surface area contributed by atoms with Gasteiger partial charge in [-0.3, -0.25) is 9.80 Å². The van der Waals surface area contributed by atoms with Crippen LogP contribution >= 0.6 is 23.2 Å². The maximum atomic E-state index is 9.51. The average Bonchev–Trinajstić information content (AvgIpc) is 2.44. The van der Waals surface area contributed by atoms with Gasteiger partial charge in [-0.2, -0.15) is 0 Å². The maximum Gasteiger partial charge on any atom is 0.156 e. The van der Waals surface area contributed by atoms with Crippen molar-refractivity contribution in [2.75, 3.05) is 39.3 Å². The van der Waals surface area contributed by atoms with Gasteiger partial charge in [-0.15, -0.1) is 0 Å². The molecule has 1 aromatic carbocycles. The molecule has 2 rings (SSSR count). The number of halogens is 2. The quantitative estimate of drug-likeness (QED) is 0.859. The number of nitrogens with zero attached hydrogens (tertiary/aromatic N) is 2. The van der Waals surface area contributed by atoms with Crippen LogP contribution in [0, 0.1) is 0 Å². The van der Waals surface area contributed by atoms with Crippen LogP contribution in [0.1, 0.15) is 13.8 Å². The smallest absolute Gasteiger partial charge is 0.156 e. The first-order chi connectivity index (χ1) is 10.5. The molecule has 4 nitrogen and oxygen atoms in total. The van der Waals surface area contributed by atoms with Crippen LogP contribution in [0.4, 0.5) is 0 Å². The van der Waals surface area contributed by atoms with E-state index in [1.165, 1.54) is 0 Å². The van der Waals surface area contributed by atoms with E-state index in [0.717, 1.165) is 32.7 Å². The molecule has 1 aliphatic heterocycles. The highest BCUT2D eigenvalue weighted by Gasteiger charge is 2.24. The molecule has 124 valence electrons. The molecular weight excluding hydrogens is 323 g/mol. The van der Waals surface area contributed by atoms with Gasteiger partial charge in [0.2, 0.25) is 0 Å². The average molecular weight is 347 g/mol. The molecule has 0 radical (unpaired) electrons. The van der Waals surface area contributed by atoms with Gasteiger partial charge >= 0.3 is 0 Å². The number of aliphatic hydroxyl groups is 1. The van der Waals surface area contributed by atoms with Gasteiger partial charge in [0.15, 0.2) is 5.75 Å². The van der Waals surface area contributed by atoms with Gasteiger partial charge in [0.1, 0.15) is 6.61 Å². The summed E-state index contributed by atoms with van der Waals surface area (Å²) in [5, 5.41) is 10.6. The van der Waals surface area contributed by atoms with Gasteiger partial charge in [0, 0.05) is 38.8 Å². The van der Waals surface area contributed by atoms with Crippen LogP contribution in [-0.4, -0.2) is 66.4 Å². The zero-order chi connectivity index (χ0) is 16.1. The summed E-state index contributed by atoms with van der Waals surface area (Å²) in [5.41, 5.74) is 0. The zero-order valence-electron chi connectivity index (χ0n) is 13.1. The van der Waals surface area contributed by atoms with Crippen molar-refractivity contribution in [2.24, 2.45) is 0 Å². The molecule has 6 heteroatoms. The number of piperazine rings is 1. The number of β-amino-alcohol motifs (C(OH)–C–C–N with tert-alkyl or cyclic N) is 1. The van der Waals surface area contributed by atoms with Gasteiger partial charge in [0.05, 0.1) is 16.1 Å². The lowest BCUT2D eigenvalue weighted by Gasteiger charge is -2.40. The Bertz CT molecular complexity index is 465. The first-order valence-electron chi connectivity index (χ1n) is 7.68. The molecule has 1 fully saturated rings. The first-order valence-corrected chi connectivity index (χ1v) is 8.44. The zero-order valence-corrected chi connectivity index (χ0v) is 14.6. The van der Waals surface area contributed by atoms with Crippen molar-refractivity contribution in [1.82, 2.24) is 9.80 Å². The van der Waals surface area contributed by atoms with Crippen molar-refractivity contribution in [3.8, 4) is 5.75 Å². The molecule has 22 heavy (non-hydrogen) atoms. The van der Waals surface area contributed by atoms with Gasteiger partial charge in [-0.1, -0.05) is 29.3 Å². The second kappa shape index (κ2) is 8.37. The fourth-order valence-electron chi connectivity index (χ4n) is 2.78. The summed E-state index contributed by atoms with van der Waals surface area (Å²) in [4.78, 5) is 4.70. The number of benzene rings is 1. The van der Waals surface area contributed by atoms with E-state index in [2.05, 4.69) is 16.7 Å². The number of rotatable bonds is 6. The Morgan fingerprint density at radius 3 is 2.59 bits per heavy atom. The van der Waals surface area contributed by atoms with E-state index in [9.17, 15) is 5.11 Å². The maximum absolute atomic E-state index is 9.51. The van der Waals surface area contributed by atoms with Crippen LogP contribution in [0.3, 0.4) is 0 Å². The monoisotopic (exact) mass is 346 g/mol. The lowest BCUT2D eigenvalue weighted by molar-refractivity contribution is 0.0405. The fourth-order valence-corrected chi connectivity index (χ4v) is 3.29. The first kappa shape index (κ1) is 17.8. The molecule has 1 heterocycles. The van der Waals surface area contributed by atoms with Crippen molar-refractivity contribution < 1.29 is 9.84 Å². The lowest BCUT2D eigenvalue weighted by atomic mass is 10.1. The third-order valence-electron chi connectivity index (χ3n) is 3.92. The summed E-state index contributed by atoms with van der Waals surface area (Å²) in [5.74, 6) is 0.562. The predicted octanol–water partition coefficient (Wildman–Crippen LogP) is 2.76. The number of aliphatic hydroxyl groups excluding tert-OH is 1. The molecule has 1 N–H and O–H groups in total. The highest BCUT2D eigenvalue weighted by molar-refractivity contribution is 6.37. The van der Waals surface area contributed by atoms with E-state index in [-0.39, 0.29) is 6.10 Å². The Morgan fingerprint density at radius 1 is 1.32 bits per heavy atom. The van der Waals surface area contributed by atoms with Gasteiger partial charge < -0.3 is 9.84 Å². The Balaban J connectivity index is 1.77. The summed E-state index contributed by atoms with van der Waals surface area (Å²) >= 11 is 12.2. The van der Waals surface area contributed by atoms with E-state index in [0.29, 0.717) is 28.4 Å². The molecule has 0 spiro atoms. The topological polar surface area (TPSA) is 35.9 Å². The van der Waals surface area contributed by atoms with Gasteiger partial charge in [0.25, 0.3) is 0 Å². The van der Waals surface area contributed by atoms with E-state index in [4.69, 9.17) is 27.9 Å². The Labute approximate surface area is 142 Å². The predicted molar refractivity (Wildman–Crippen MR) is 91.1 cm³/mol. The molecule has 0 bridgehead atoms. The molecule has 0 aliphatic carbocycles. The largest absolute Gasteiger partial charge is 0.489 e. The number of hydrogen-bond acceptors (Lipinski definition) is 4. The molecule has 1 aliphatic rings. The van der Waals surface area contributed by atoms with E-state index >= 15 is 0 Å². The van der Waals surface area contributed by atoms with Gasteiger partial charge in [-0.25, -0.2) is 0 Å². The minimum atomic E-state index is -0.278. The second-order valence-electron chi connectivity index (χ2n) is 5.89. The van der Waals surface area contributed by atoms with Crippen molar-refractivity contribution in [3.63, 3.8) is 0 Å². The molecule has 2 atom stereocenters. The van der Waals surface area contributed by atoms with Crippen LogP contribution in [0.15, 0.2) is 18.2 Å². The number of hydrogen-bond donors (Lipinski definition) is 1. The van der Waals surface area contributed by atoms with Crippen molar-refractivity contribution in [3.05, 3.63) is 28.2 Å². The van der Waals surface area contributed by atoms with Crippen LogP contribution in [0.25, 0.3) is 0 Å². The molecule has 0 aromatic heterocycles. The minimum absolute atomic E-state index is 0.278. The molecule has 1 saturated heterocycles. The van der Waals surface area contributed by atoms with E-state index < -0.39 is 0 Å². The summed E-state index contributed by atoms with van der Waals surface area (Å²) in [6, 6.07) is 5.80. The summed E-state index contributed by atoms with van der Waals surface area (Å²) < 4.78 is 5.74. The summed E-state index contributed by atoms with van der Waals surface area (Å²) in [6.07, 6.45) is -0.278. The Morgan fingerprint density at radius 2 is 2.00 bits per heavy atom. The fraction of sp³-hybridized carbons (Fsp3) is 0.625. The van der Waals surface area contributed by atoms with E-state index in [1.807, 2.05) is 6.92 Å². The van der Waals surface area contributed by atoms with Crippen LogP contribution in [-0.2, 0) is 0 Å². The molecule has 0 saturated carbocycles. The van der Waals surface area contributed by atoms with Gasteiger partial charge in [-0.05, 0) is 26.0 Å². The Hall–Kier alpha value is -0.520. The number of ether oxygens (including phenoxy) is 1. The second-order valence-corrected chi connectivity index (χ2v) is 6.71. The standard InChI is InChI=1S/C16H24Cl2N2O2/c1-12-10-19(6-7-20(12)11-13(2)21)8-9-22-16-14(17)4-3-5-15(16)18/h3-5,12-13,21H,6-11H2,1-2H3/t12-,13-/m0/s1. The third kappa shape index (κ3) is 5.00. The number of para-hydroxylation sites is 1. The summed E-state index contributed by atoms with van der Waals surface area (Å²) in [6.45, 7) is 9.10. The van der Waals surface area contributed by atoms with Crippen molar-refractivity contribution in [1.29, 1.82) is 0 Å². The highest BCUT2D eigenvalue weighted by Crippen LogP contribution is 2.32. The van der Waals surface area contributed by atoms with Crippen LogP contribution < -0.4 is 4.74 Å². The van der Waals surface area contributed by atoms with E-state index in [1.54, 1.807) is 18.2 Å². The molecule has 0 amide bonds. The summed E-state index contributed by atoms with van der Waals surface area (Å²) in [7, 11) is 0. The Kier molecular flexibility index (Phi) is 6.78. The third-order valence-corrected chi connectivity index (χ3v) is 4.52. The van der Waals surface area contributed by atoms with Crippen molar-refractivity contribution >= 4 is 23.2 Å². The van der Waals surface area contributed by atoms with Crippen LogP contribution in [0.2, 0.25) is 10.0 Å². The SMILES string of the molecule is C[C@H](O)CN1CCN(CCOc2c(Cl)cccc2Cl)C[C@@H]1C. The minimum Gasteiger partial charge on any atom is -0.489 e. The normalized spacial score (nSPS) is 21.8. The lowest BCUT2D eigenvalue weighted by Crippen LogP contribution is -2.54. The molecular formula is C16H24Cl2N2O2. The van der Waals surface area contributed by atoms with Crippen molar-refractivity contribution in [2.45, 2.75) is 26.0 Å². The molecule has 0 unspecified atom stereocenters.